The monoisotopic (exact) mass is 354 g/mol. The molecule has 0 aromatic rings. The smallest absolute Gasteiger partial charge is 0 e. The fraction of sp³-hybridized carbons (Fsp3) is 0. The first-order valence-corrected chi connectivity index (χ1v) is 0. The maximum atomic E-state index is 0. The van der Waals surface area contributed by atoms with Gasteiger partial charge in [-0.15, -0.1) is 0 Å². The molecule has 0 unspecified atom stereocenters. The summed E-state index contributed by atoms with van der Waals surface area (Å²) < 4.78 is 0. The van der Waals surface area contributed by atoms with Gasteiger partial charge in [0.1, 0.15) is 0 Å². The summed E-state index contributed by atoms with van der Waals surface area (Å²) in [5.74, 6) is 0. The van der Waals surface area contributed by atoms with Crippen LogP contribution in [0.3, 0.4) is 0 Å². The van der Waals surface area contributed by atoms with E-state index in [1.165, 1.54) is 0 Å². The summed E-state index contributed by atoms with van der Waals surface area (Å²) in [6, 6.07) is 0. The Morgan fingerprint density at radius 2 is 0.750 bits per heavy atom. The zero-order valence-corrected chi connectivity index (χ0v) is 8.87. The third-order valence-corrected chi connectivity index (χ3v) is 0. The van der Waals surface area contributed by atoms with Crippen molar-refractivity contribution in [2.75, 3.05) is 0 Å². The van der Waals surface area contributed by atoms with Crippen LogP contribution in [0.5, 0.6) is 0 Å². The molecule has 0 saturated carbocycles. The summed E-state index contributed by atoms with van der Waals surface area (Å²) in [5.41, 5.74) is 0. The van der Waals surface area contributed by atoms with Gasteiger partial charge in [0.15, 0.2) is 0 Å². The van der Waals surface area contributed by atoms with Crippen LogP contribution in [-0.4, -0.2) is 8.41 Å². The van der Waals surface area contributed by atoms with E-state index in [0.29, 0.717) is 0 Å². The molecule has 0 nitrogen and oxygen atoms in total. The summed E-state index contributed by atoms with van der Waals surface area (Å²) in [7, 11) is 0. The third-order valence-electron chi connectivity index (χ3n) is 0. The van der Waals surface area contributed by atoms with E-state index in [1.807, 2.05) is 0 Å². The van der Waals surface area contributed by atoms with Gasteiger partial charge in [-0.25, -0.2) is 0 Å². The minimum atomic E-state index is 0. The van der Waals surface area contributed by atoms with Crippen LogP contribution < -0.4 is 0 Å². The van der Waals surface area contributed by atoms with Crippen LogP contribution in [0.2, 0.25) is 0 Å². The Bertz CT molecular complexity index is 6.00. The zero-order chi connectivity index (χ0) is 0. The molecule has 0 aromatic carbocycles. The van der Waals surface area contributed by atoms with Gasteiger partial charge in [-0.1, -0.05) is 0 Å². The Morgan fingerprint density at radius 3 is 0.750 bits per heavy atom. The van der Waals surface area contributed by atoms with E-state index in [4.69, 9.17) is 0 Å². The topological polar surface area (TPSA) is 0 Å². The van der Waals surface area contributed by atoms with Crippen LogP contribution in [0.4, 0.5) is 0 Å². The molecule has 0 spiro atoms. The molecule has 0 bridgehead atoms. The third kappa shape index (κ3) is 8.99. The van der Waals surface area contributed by atoms with Crippen molar-refractivity contribution in [1.29, 1.82) is 0 Å². The largest absolute Gasteiger partial charge is 0.0814 e. The van der Waals surface area contributed by atoms with Crippen molar-refractivity contribution < 1.29 is 98.7 Å². The molecule has 0 fully saturated rings. The molecule has 0 N–H and O–H groups in total. The molecule has 0 aromatic heterocycles. The molecule has 0 rings (SSSR count). The van der Waals surface area contributed by atoms with Crippen molar-refractivity contribution in [2.24, 2.45) is 0 Å². The van der Waals surface area contributed by atoms with Crippen LogP contribution in [0.1, 0.15) is 0 Å². The van der Waals surface area contributed by atoms with Crippen LogP contribution in [0.25, 0.3) is 0 Å². The normalized spacial score (nSPS) is 0. The van der Waals surface area contributed by atoms with Crippen LogP contribution >= 0.6 is 0 Å². The molecule has 4 heteroatoms. The molecule has 0 aliphatic heterocycles. The summed E-state index contributed by atoms with van der Waals surface area (Å²) in [4.78, 5) is 0. The first kappa shape index (κ1) is 26.7. The molecule has 0 amide bonds. The van der Waals surface area contributed by atoms with Crippen molar-refractivity contribution in [3.05, 3.63) is 0 Å². The molecular formula is H3BFeNd2. The van der Waals surface area contributed by atoms with Crippen molar-refractivity contribution in [3.63, 3.8) is 0 Å². The van der Waals surface area contributed by atoms with Gasteiger partial charge in [-0.05, 0) is 0 Å². The first-order chi connectivity index (χ1) is 0. The van der Waals surface area contributed by atoms with E-state index >= 15 is 0 Å². The predicted molar refractivity (Wildman–Crippen MR) is 9.94 cm³/mol. The fourth-order valence-electron chi connectivity index (χ4n) is 0. The molecule has 0 saturated heterocycles. The average Bonchev–Trinajstić information content (AvgIpc) is 0. The van der Waals surface area contributed by atoms with Gasteiger partial charge < -0.3 is 0 Å². The molecule has 0 heterocycles. The van der Waals surface area contributed by atoms with E-state index in [0.717, 1.165) is 0 Å². The predicted octanol–water partition coefficient (Wildman–Crippen LogP) is -1.19. The molecule has 0 aliphatic carbocycles. The van der Waals surface area contributed by atoms with E-state index in [-0.39, 0.29) is 107 Å². The molecular weight excluding hydrogens is 355 g/mol. The summed E-state index contributed by atoms with van der Waals surface area (Å²) in [6.45, 7) is 0. The van der Waals surface area contributed by atoms with Crippen LogP contribution in [-0.2, 0) is 17.1 Å². The second-order valence-corrected chi connectivity index (χ2v) is 0. The number of hydrogen-bond donors (Lipinski definition) is 0. The average molecular weight is 358 g/mol. The van der Waals surface area contributed by atoms with Gasteiger partial charge in [0.25, 0.3) is 0 Å². The molecule has 0 atom stereocenters. The van der Waals surface area contributed by atoms with Gasteiger partial charge >= 0.3 is 0 Å². The van der Waals surface area contributed by atoms with E-state index in [1.54, 1.807) is 0 Å². The van der Waals surface area contributed by atoms with Crippen molar-refractivity contribution in [3.8, 4) is 0 Å². The Hall–Kier alpha value is 3.29. The van der Waals surface area contributed by atoms with E-state index < -0.39 is 0 Å². The molecule has 22 valence electrons. The summed E-state index contributed by atoms with van der Waals surface area (Å²) in [6.07, 6.45) is 0. The Morgan fingerprint density at radius 1 is 0.750 bits per heavy atom. The van der Waals surface area contributed by atoms with Gasteiger partial charge in [0.05, 0.1) is 8.41 Å². The molecule has 0 radical (unpaired) electrons. The number of hydrogen-bond acceptors (Lipinski definition) is 0. The SMILES string of the molecule is B.[Fe].[Nd].[Nd]. The minimum absolute atomic E-state index is 0. The summed E-state index contributed by atoms with van der Waals surface area (Å²) in [5, 5.41) is 0. The minimum Gasteiger partial charge on any atom is 0 e. The second kappa shape index (κ2) is 16.3. The first-order valence-electron chi connectivity index (χ1n) is 0. The quantitative estimate of drug-likeness (QED) is 0.478. The van der Waals surface area contributed by atoms with Crippen molar-refractivity contribution in [2.45, 2.75) is 0 Å². The maximum absolute atomic E-state index is 0. The van der Waals surface area contributed by atoms with E-state index in [2.05, 4.69) is 0 Å². The van der Waals surface area contributed by atoms with Crippen molar-refractivity contribution in [1.82, 2.24) is 0 Å². The van der Waals surface area contributed by atoms with Gasteiger partial charge in [-0.2, -0.15) is 0 Å². The standard InChI is InChI=1S/BH3.Fe.2Nd/h1H3;;;. The van der Waals surface area contributed by atoms with E-state index in [9.17, 15) is 0 Å². The van der Waals surface area contributed by atoms with Crippen molar-refractivity contribution >= 4 is 8.41 Å². The van der Waals surface area contributed by atoms with Crippen LogP contribution in [0.15, 0.2) is 0 Å². The number of rotatable bonds is 0. The van der Waals surface area contributed by atoms with Gasteiger partial charge in [0.2, 0.25) is 0 Å². The fourth-order valence-corrected chi connectivity index (χ4v) is 0. The van der Waals surface area contributed by atoms with Gasteiger partial charge in [0, 0.05) is 98.7 Å². The molecule has 0 aliphatic rings. The zero-order valence-electron chi connectivity index (χ0n) is 1.35. The maximum Gasteiger partial charge on any atom is 0.0814 e. The summed E-state index contributed by atoms with van der Waals surface area (Å²) >= 11 is 0. The Balaban J connectivity index is 0. The van der Waals surface area contributed by atoms with Crippen LogP contribution in [0, 0.1) is 81.7 Å². The second-order valence-electron chi connectivity index (χ2n) is 0. The Kier molecular flexibility index (Phi) is 108. The Labute approximate surface area is 104 Å². The molecule has 4 heavy (non-hydrogen) atoms. The van der Waals surface area contributed by atoms with Gasteiger partial charge in [-0.3, -0.25) is 0 Å².